The molecule has 0 radical (unpaired) electrons. The molecular formula is C19H23ClN4O. The van der Waals surface area contributed by atoms with E-state index in [4.69, 9.17) is 11.6 Å². The molecule has 2 heterocycles. The van der Waals surface area contributed by atoms with E-state index in [0.717, 1.165) is 43.9 Å². The van der Waals surface area contributed by atoms with Gasteiger partial charge in [-0.3, -0.25) is 4.79 Å². The zero-order valence-corrected chi connectivity index (χ0v) is 15.2. The van der Waals surface area contributed by atoms with E-state index < -0.39 is 0 Å². The molecule has 1 aliphatic rings. The van der Waals surface area contributed by atoms with Gasteiger partial charge in [0, 0.05) is 37.7 Å². The maximum atomic E-state index is 12.2. The predicted molar refractivity (Wildman–Crippen MR) is 101 cm³/mol. The molecule has 1 aromatic heterocycles. The summed E-state index contributed by atoms with van der Waals surface area (Å²) in [6, 6.07) is 11.4. The van der Waals surface area contributed by atoms with Crippen LogP contribution in [0.5, 0.6) is 0 Å². The molecule has 1 amide bonds. The second-order valence-electron chi connectivity index (χ2n) is 6.33. The fourth-order valence-electron chi connectivity index (χ4n) is 2.88. The summed E-state index contributed by atoms with van der Waals surface area (Å²) in [6.45, 7) is 4.63. The molecule has 2 aromatic rings. The molecule has 1 N–H and O–H groups in total. The van der Waals surface area contributed by atoms with Gasteiger partial charge in [-0.2, -0.15) is 0 Å². The number of piperazine rings is 1. The van der Waals surface area contributed by atoms with Gasteiger partial charge in [-0.25, -0.2) is 4.98 Å². The summed E-state index contributed by atoms with van der Waals surface area (Å²) in [5.74, 6) is -0.146. The van der Waals surface area contributed by atoms with Crippen molar-refractivity contribution in [2.45, 2.75) is 6.42 Å². The van der Waals surface area contributed by atoms with Crippen molar-refractivity contribution in [2.24, 2.45) is 0 Å². The molecule has 0 saturated carbocycles. The first-order valence-electron chi connectivity index (χ1n) is 8.54. The summed E-state index contributed by atoms with van der Waals surface area (Å²) < 4.78 is 0. The van der Waals surface area contributed by atoms with E-state index in [1.807, 2.05) is 30.3 Å². The normalized spacial score (nSPS) is 15.2. The predicted octanol–water partition coefficient (Wildman–Crippen LogP) is 2.46. The third-order valence-electron chi connectivity index (χ3n) is 4.44. The van der Waals surface area contributed by atoms with E-state index in [-0.39, 0.29) is 5.91 Å². The Hall–Kier alpha value is -2.11. The summed E-state index contributed by atoms with van der Waals surface area (Å²) in [5, 5.41) is 3.62. The van der Waals surface area contributed by atoms with Gasteiger partial charge in [0.25, 0.3) is 5.91 Å². The summed E-state index contributed by atoms with van der Waals surface area (Å²) in [7, 11) is 2.13. The van der Waals surface area contributed by atoms with Gasteiger partial charge in [0.2, 0.25) is 0 Å². The highest BCUT2D eigenvalue weighted by molar-refractivity contribution is 6.30. The fourth-order valence-corrected chi connectivity index (χ4v) is 3.09. The van der Waals surface area contributed by atoms with Crippen LogP contribution in [0, 0.1) is 0 Å². The highest BCUT2D eigenvalue weighted by Gasteiger charge is 2.15. The molecule has 0 aliphatic carbocycles. The Kier molecular flexibility index (Phi) is 5.89. The Balaban J connectivity index is 1.50. The monoisotopic (exact) mass is 358 g/mol. The van der Waals surface area contributed by atoms with Crippen molar-refractivity contribution in [1.29, 1.82) is 0 Å². The maximum absolute atomic E-state index is 12.2. The Morgan fingerprint density at radius 1 is 1.20 bits per heavy atom. The topological polar surface area (TPSA) is 48.5 Å². The molecule has 5 nitrogen and oxygen atoms in total. The van der Waals surface area contributed by atoms with Gasteiger partial charge in [0.15, 0.2) is 0 Å². The molecular weight excluding hydrogens is 336 g/mol. The first-order valence-corrected chi connectivity index (χ1v) is 8.92. The third kappa shape index (κ3) is 4.94. The van der Waals surface area contributed by atoms with Gasteiger partial charge in [0.1, 0.15) is 5.69 Å². The standard InChI is InChI=1S/C19H23ClN4O/c1-23-9-11-24(12-10-23)17-5-6-18(22-14-17)19(25)21-8-7-15-3-2-4-16(20)13-15/h2-6,13-14H,7-12H2,1H3,(H,21,25). The van der Waals surface area contributed by atoms with Gasteiger partial charge in [-0.1, -0.05) is 23.7 Å². The number of nitrogens with zero attached hydrogens (tertiary/aromatic N) is 3. The Labute approximate surface area is 153 Å². The number of nitrogens with one attached hydrogen (secondary N) is 1. The molecule has 6 heteroatoms. The third-order valence-corrected chi connectivity index (χ3v) is 4.67. The van der Waals surface area contributed by atoms with Crippen LogP contribution < -0.4 is 10.2 Å². The van der Waals surface area contributed by atoms with Crippen LogP contribution in [-0.4, -0.2) is 55.6 Å². The number of benzene rings is 1. The van der Waals surface area contributed by atoms with Crippen molar-refractivity contribution < 1.29 is 4.79 Å². The first kappa shape index (κ1) is 17.7. The van der Waals surface area contributed by atoms with Crippen molar-refractivity contribution in [3.63, 3.8) is 0 Å². The van der Waals surface area contributed by atoms with Crippen LogP contribution in [0.3, 0.4) is 0 Å². The Morgan fingerprint density at radius 2 is 2.00 bits per heavy atom. The van der Waals surface area contributed by atoms with Crippen LogP contribution in [0.15, 0.2) is 42.6 Å². The van der Waals surface area contributed by atoms with Crippen molar-refractivity contribution >= 4 is 23.2 Å². The zero-order valence-electron chi connectivity index (χ0n) is 14.4. The molecule has 132 valence electrons. The number of carbonyl (C=O) groups excluding carboxylic acids is 1. The lowest BCUT2D eigenvalue weighted by Gasteiger charge is -2.33. The number of rotatable bonds is 5. The summed E-state index contributed by atoms with van der Waals surface area (Å²) >= 11 is 5.97. The van der Waals surface area contributed by atoms with E-state index >= 15 is 0 Å². The number of pyridine rings is 1. The quantitative estimate of drug-likeness (QED) is 0.892. The molecule has 3 rings (SSSR count). The minimum atomic E-state index is -0.146. The van der Waals surface area contributed by atoms with E-state index in [9.17, 15) is 4.79 Å². The van der Waals surface area contributed by atoms with Gasteiger partial charge >= 0.3 is 0 Å². The molecule has 25 heavy (non-hydrogen) atoms. The SMILES string of the molecule is CN1CCN(c2ccc(C(=O)NCCc3cccc(Cl)c3)nc2)CC1. The number of aromatic nitrogens is 1. The summed E-state index contributed by atoms with van der Waals surface area (Å²) in [5.41, 5.74) is 2.62. The molecule has 1 fully saturated rings. The second-order valence-corrected chi connectivity index (χ2v) is 6.76. The van der Waals surface area contributed by atoms with Crippen molar-refractivity contribution in [3.05, 3.63) is 58.9 Å². The number of carbonyl (C=O) groups is 1. The summed E-state index contributed by atoms with van der Waals surface area (Å²) in [4.78, 5) is 21.1. The van der Waals surface area contributed by atoms with Gasteiger partial charge in [-0.05, 0) is 43.3 Å². The van der Waals surface area contributed by atoms with E-state index in [2.05, 4.69) is 27.1 Å². The number of hydrogen-bond acceptors (Lipinski definition) is 4. The Morgan fingerprint density at radius 3 is 2.68 bits per heavy atom. The van der Waals surface area contributed by atoms with Crippen LogP contribution in [0.25, 0.3) is 0 Å². The van der Waals surface area contributed by atoms with E-state index in [1.54, 1.807) is 12.3 Å². The van der Waals surface area contributed by atoms with Crippen LogP contribution in [0.1, 0.15) is 16.1 Å². The largest absolute Gasteiger partial charge is 0.368 e. The average Bonchev–Trinajstić information content (AvgIpc) is 2.62. The molecule has 1 aromatic carbocycles. The lowest BCUT2D eigenvalue weighted by molar-refractivity contribution is 0.0949. The summed E-state index contributed by atoms with van der Waals surface area (Å²) in [6.07, 6.45) is 2.53. The van der Waals surface area contributed by atoms with Crippen LogP contribution >= 0.6 is 11.6 Å². The minimum Gasteiger partial charge on any atom is -0.368 e. The van der Waals surface area contributed by atoms with Gasteiger partial charge in [0.05, 0.1) is 11.9 Å². The van der Waals surface area contributed by atoms with Gasteiger partial charge in [-0.15, -0.1) is 0 Å². The highest BCUT2D eigenvalue weighted by atomic mass is 35.5. The molecule has 0 unspecified atom stereocenters. The molecule has 1 saturated heterocycles. The number of hydrogen-bond donors (Lipinski definition) is 1. The van der Waals surface area contributed by atoms with Crippen LogP contribution in [0.4, 0.5) is 5.69 Å². The smallest absolute Gasteiger partial charge is 0.269 e. The lowest BCUT2D eigenvalue weighted by atomic mass is 10.1. The molecule has 1 aliphatic heterocycles. The van der Waals surface area contributed by atoms with Crippen LogP contribution in [0.2, 0.25) is 5.02 Å². The first-order chi connectivity index (χ1) is 12.1. The number of likely N-dealkylation sites (N-methyl/N-ethyl adjacent to an activating group) is 1. The van der Waals surface area contributed by atoms with Crippen molar-refractivity contribution in [3.8, 4) is 0 Å². The number of amides is 1. The lowest BCUT2D eigenvalue weighted by Crippen LogP contribution is -2.44. The van der Waals surface area contributed by atoms with Crippen LogP contribution in [-0.2, 0) is 6.42 Å². The highest BCUT2D eigenvalue weighted by Crippen LogP contribution is 2.15. The number of anilines is 1. The van der Waals surface area contributed by atoms with Crippen molar-refractivity contribution in [1.82, 2.24) is 15.2 Å². The maximum Gasteiger partial charge on any atom is 0.269 e. The molecule has 0 atom stereocenters. The van der Waals surface area contributed by atoms with Gasteiger partial charge < -0.3 is 15.1 Å². The zero-order chi connectivity index (χ0) is 17.6. The second kappa shape index (κ2) is 8.32. The Bertz CT molecular complexity index is 712. The average molecular weight is 359 g/mol. The fraction of sp³-hybridized carbons (Fsp3) is 0.368. The molecule has 0 bridgehead atoms. The molecule has 0 spiro atoms. The minimum absolute atomic E-state index is 0.146. The van der Waals surface area contributed by atoms with Crippen molar-refractivity contribution in [2.75, 3.05) is 44.7 Å². The van der Waals surface area contributed by atoms with E-state index in [0.29, 0.717) is 17.3 Å². The number of halogens is 1. The van der Waals surface area contributed by atoms with E-state index in [1.165, 1.54) is 0 Å².